The van der Waals surface area contributed by atoms with Crippen molar-refractivity contribution in [2.24, 2.45) is 11.8 Å². The van der Waals surface area contributed by atoms with Crippen LogP contribution in [-0.4, -0.2) is 58.4 Å². The molecule has 1 aromatic heterocycles. The number of aliphatic hydroxyl groups is 1. The molecule has 2 unspecified atom stereocenters. The van der Waals surface area contributed by atoms with E-state index in [1.807, 2.05) is 11.0 Å². The van der Waals surface area contributed by atoms with Crippen molar-refractivity contribution in [1.29, 1.82) is 0 Å². The van der Waals surface area contributed by atoms with E-state index in [2.05, 4.69) is 21.8 Å². The molecule has 3 rings (SSSR count). The van der Waals surface area contributed by atoms with Gasteiger partial charge in [-0.1, -0.05) is 13.3 Å². The van der Waals surface area contributed by atoms with E-state index in [0.717, 1.165) is 44.6 Å². The lowest BCUT2D eigenvalue weighted by molar-refractivity contribution is -0.142. The zero-order valence-corrected chi connectivity index (χ0v) is 14.1. The Morgan fingerprint density at radius 1 is 1.29 bits per heavy atom. The van der Waals surface area contributed by atoms with Gasteiger partial charge in [-0.15, -0.1) is 0 Å². The minimum absolute atomic E-state index is 0.157. The molecule has 7 heteroatoms. The van der Waals surface area contributed by atoms with Gasteiger partial charge >= 0.3 is 5.97 Å². The highest BCUT2D eigenvalue weighted by Crippen LogP contribution is 2.30. The summed E-state index contributed by atoms with van der Waals surface area (Å²) in [5, 5.41) is 19.1. The van der Waals surface area contributed by atoms with Crippen molar-refractivity contribution < 1.29 is 15.0 Å². The summed E-state index contributed by atoms with van der Waals surface area (Å²) < 4.78 is 0. The SMILES string of the molecule is CCCC1CN(c2nccc(N3CCC(O)CC3)n2)CC1C(=O)O. The van der Waals surface area contributed by atoms with Crippen molar-refractivity contribution in [2.75, 3.05) is 36.0 Å². The van der Waals surface area contributed by atoms with Gasteiger partial charge in [0.05, 0.1) is 12.0 Å². The molecule has 7 nitrogen and oxygen atoms in total. The fourth-order valence-electron chi connectivity index (χ4n) is 3.74. The second kappa shape index (κ2) is 7.34. The second-order valence-electron chi connectivity index (χ2n) is 6.83. The maximum Gasteiger partial charge on any atom is 0.308 e. The summed E-state index contributed by atoms with van der Waals surface area (Å²) in [4.78, 5) is 24.7. The third-order valence-electron chi connectivity index (χ3n) is 5.12. The molecule has 2 aliphatic rings. The van der Waals surface area contributed by atoms with E-state index < -0.39 is 5.97 Å². The van der Waals surface area contributed by atoms with Crippen LogP contribution in [0.25, 0.3) is 0 Å². The predicted molar refractivity (Wildman–Crippen MR) is 91.2 cm³/mol. The minimum Gasteiger partial charge on any atom is -0.481 e. The molecule has 0 bridgehead atoms. The van der Waals surface area contributed by atoms with Crippen LogP contribution >= 0.6 is 0 Å². The zero-order chi connectivity index (χ0) is 17.1. The number of anilines is 2. The molecule has 0 spiro atoms. The van der Waals surface area contributed by atoms with Gasteiger partial charge in [-0.3, -0.25) is 4.79 Å². The van der Waals surface area contributed by atoms with Gasteiger partial charge in [0.25, 0.3) is 0 Å². The molecular weight excluding hydrogens is 308 g/mol. The normalized spacial score (nSPS) is 25.2. The fraction of sp³-hybridized carbons (Fsp3) is 0.706. The van der Waals surface area contributed by atoms with E-state index in [4.69, 9.17) is 0 Å². The smallest absolute Gasteiger partial charge is 0.308 e. The molecule has 2 N–H and O–H groups in total. The van der Waals surface area contributed by atoms with Gasteiger partial charge in [-0.05, 0) is 31.2 Å². The molecule has 2 aliphatic heterocycles. The van der Waals surface area contributed by atoms with E-state index in [1.54, 1.807) is 6.20 Å². The first kappa shape index (κ1) is 17.0. The Kier molecular flexibility index (Phi) is 5.18. The Hall–Kier alpha value is -1.89. The Labute approximate surface area is 142 Å². The highest BCUT2D eigenvalue weighted by atomic mass is 16.4. The first-order valence-corrected chi connectivity index (χ1v) is 8.82. The Morgan fingerprint density at radius 2 is 2.04 bits per heavy atom. The summed E-state index contributed by atoms with van der Waals surface area (Å²) in [6, 6.07) is 1.88. The lowest BCUT2D eigenvalue weighted by atomic mass is 9.92. The molecule has 2 saturated heterocycles. The maximum absolute atomic E-state index is 11.5. The minimum atomic E-state index is -0.725. The number of carbonyl (C=O) groups is 1. The average Bonchev–Trinajstić information content (AvgIpc) is 3.00. The van der Waals surface area contributed by atoms with Crippen LogP contribution in [-0.2, 0) is 4.79 Å². The van der Waals surface area contributed by atoms with Gasteiger partial charge in [0.1, 0.15) is 5.82 Å². The van der Waals surface area contributed by atoms with E-state index in [-0.39, 0.29) is 17.9 Å². The number of hydrogen-bond acceptors (Lipinski definition) is 6. The first-order chi connectivity index (χ1) is 11.6. The molecule has 1 aromatic rings. The topological polar surface area (TPSA) is 89.8 Å². The lowest BCUT2D eigenvalue weighted by Gasteiger charge is -2.31. The monoisotopic (exact) mass is 334 g/mol. The van der Waals surface area contributed by atoms with Gasteiger partial charge in [0, 0.05) is 32.4 Å². The summed E-state index contributed by atoms with van der Waals surface area (Å²) in [6.45, 7) is 4.83. The highest BCUT2D eigenvalue weighted by molar-refractivity contribution is 5.72. The van der Waals surface area contributed by atoms with Crippen molar-refractivity contribution in [2.45, 2.75) is 38.7 Å². The van der Waals surface area contributed by atoms with Crippen LogP contribution in [0.2, 0.25) is 0 Å². The summed E-state index contributed by atoms with van der Waals surface area (Å²) in [6.07, 6.45) is 4.93. The zero-order valence-electron chi connectivity index (χ0n) is 14.1. The number of rotatable bonds is 5. The van der Waals surface area contributed by atoms with Crippen molar-refractivity contribution in [1.82, 2.24) is 9.97 Å². The summed E-state index contributed by atoms with van der Waals surface area (Å²) in [7, 11) is 0. The number of piperidine rings is 1. The Morgan fingerprint density at radius 3 is 2.71 bits per heavy atom. The molecule has 132 valence electrons. The Bertz CT molecular complexity index is 575. The number of hydrogen-bond donors (Lipinski definition) is 2. The van der Waals surface area contributed by atoms with Gasteiger partial charge in [0.2, 0.25) is 5.95 Å². The van der Waals surface area contributed by atoms with Gasteiger partial charge in [-0.2, -0.15) is 4.98 Å². The standard InChI is InChI=1S/C17H26N4O3/c1-2-3-12-10-21(11-14(12)16(23)24)17-18-7-4-15(19-17)20-8-5-13(22)6-9-20/h4,7,12-14,22H,2-3,5-6,8-11H2,1H3,(H,23,24). The third-order valence-corrected chi connectivity index (χ3v) is 5.12. The summed E-state index contributed by atoms with van der Waals surface area (Å²) in [5.41, 5.74) is 0. The van der Waals surface area contributed by atoms with E-state index >= 15 is 0 Å². The number of aromatic nitrogens is 2. The molecule has 24 heavy (non-hydrogen) atoms. The van der Waals surface area contributed by atoms with E-state index in [9.17, 15) is 15.0 Å². The summed E-state index contributed by atoms with van der Waals surface area (Å²) in [5.74, 6) is 0.561. The first-order valence-electron chi connectivity index (χ1n) is 8.82. The van der Waals surface area contributed by atoms with Crippen LogP contribution < -0.4 is 9.80 Å². The second-order valence-corrected chi connectivity index (χ2v) is 6.83. The quantitative estimate of drug-likeness (QED) is 0.840. The van der Waals surface area contributed by atoms with Crippen molar-refractivity contribution in [3.05, 3.63) is 12.3 Å². The van der Waals surface area contributed by atoms with Crippen LogP contribution in [0.3, 0.4) is 0 Å². The van der Waals surface area contributed by atoms with Crippen LogP contribution in [0, 0.1) is 11.8 Å². The number of nitrogens with zero attached hydrogens (tertiary/aromatic N) is 4. The molecule has 2 fully saturated rings. The van der Waals surface area contributed by atoms with Crippen LogP contribution in [0.1, 0.15) is 32.6 Å². The number of carboxylic acid groups (broad SMARTS) is 1. The molecule has 0 radical (unpaired) electrons. The molecule has 3 heterocycles. The van der Waals surface area contributed by atoms with Crippen LogP contribution in [0.4, 0.5) is 11.8 Å². The molecule has 0 aliphatic carbocycles. The number of carboxylic acids is 1. The molecular formula is C17H26N4O3. The van der Waals surface area contributed by atoms with Crippen molar-refractivity contribution >= 4 is 17.7 Å². The molecule has 0 amide bonds. The average molecular weight is 334 g/mol. The van der Waals surface area contributed by atoms with Crippen molar-refractivity contribution in [3.8, 4) is 0 Å². The van der Waals surface area contributed by atoms with Crippen LogP contribution in [0.5, 0.6) is 0 Å². The van der Waals surface area contributed by atoms with Crippen LogP contribution in [0.15, 0.2) is 12.3 Å². The Balaban J connectivity index is 1.73. The van der Waals surface area contributed by atoms with Gasteiger partial charge < -0.3 is 20.0 Å². The number of aliphatic hydroxyl groups excluding tert-OH is 1. The van der Waals surface area contributed by atoms with E-state index in [1.165, 1.54) is 0 Å². The molecule has 2 atom stereocenters. The third kappa shape index (κ3) is 3.61. The largest absolute Gasteiger partial charge is 0.481 e. The fourth-order valence-corrected chi connectivity index (χ4v) is 3.74. The van der Waals surface area contributed by atoms with Gasteiger partial charge in [0.15, 0.2) is 0 Å². The van der Waals surface area contributed by atoms with Gasteiger partial charge in [-0.25, -0.2) is 4.98 Å². The molecule has 0 saturated carbocycles. The number of aliphatic carboxylic acids is 1. The molecule has 0 aromatic carbocycles. The lowest BCUT2D eigenvalue weighted by Crippen LogP contribution is -2.36. The van der Waals surface area contributed by atoms with Crippen molar-refractivity contribution in [3.63, 3.8) is 0 Å². The summed E-state index contributed by atoms with van der Waals surface area (Å²) >= 11 is 0. The maximum atomic E-state index is 11.5. The predicted octanol–water partition coefficient (Wildman–Crippen LogP) is 1.37. The highest BCUT2D eigenvalue weighted by Gasteiger charge is 2.38. The van der Waals surface area contributed by atoms with E-state index in [0.29, 0.717) is 19.0 Å².